The third-order valence-corrected chi connectivity index (χ3v) is 2.52. The largest absolute Gasteiger partial charge is 0.388 e. The van der Waals surface area contributed by atoms with Gasteiger partial charge in [-0.2, -0.15) is 0 Å². The Morgan fingerprint density at radius 1 is 1.25 bits per heavy atom. The number of Topliss-reactive ketones (excluding diaryl/α,β-unsaturated/α-hetero) is 1. The van der Waals surface area contributed by atoms with Crippen LogP contribution in [0.15, 0.2) is 30.3 Å². The number of carbonyl (C=O) groups excluding carboxylic acids is 1. The Morgan fingerprint density at radius 2 is 1.88 bits per heavy atom. The van der Waals surface area contributed by atoms with E-state index in [1.165, 1.54) is 0 Å². The molecule has 0 fully saturated rings. The third-order valence-electron chi connectivity index (χ3n) is 2.52. The van der Waals surface area contributed by atoms with Gasteiger partial charge < -0.3 is 5.11 Å². The zero-order valence-electron chi connectivity index (χ0n) is 10.0. The van der Waals surface area contributed by atoms with Gasteiger partial charge in [0.05, 0.1) is 6.10 Å². The highest BCUT2D eigenvalue weighted by Gasteiger charge is 2.10. The summed E-state index contributed by atoms with van der Waals surface area (Å²) in [5.41, 5.74) is 0.889. The number of aliphatic hydroxyl groups excluding tert-OH is 1. The quantitative estimate of drug-likeness (QED) is 0.799. The second kappa shape index (κ2) is 6.44. The molecule has 0 aliphatic heterocycles. The zero-order chi connectivity index (χ0) is 12.0. The van der Waals surface area contributed by atoms with E-state index >= 15 is 0 Å². The first-order chi connectivity index (χ1) is 7.59. The van der Waals surface area contributed by atoms with Gasteiger partial charge in [0.2, 0.25) is 0 Å². The van der Waals surface area contributed by atoms with Crippen molar-refractivity contribution < 1.29 is 9.90 Å². The van der Waals surface area contributed by atoms with E-state index < -0.39 is 6.10 Å². The van der Waals surface area contributed by atoms with E-state index in [1.807, 2.05) is 44.2 Å². The first-order valence-electron chi connectivity index (χ1n) is 5.84. The Bertz CT molecular complexity index is 317. The molecule has 0 aromatic heterocycles. The SMILES string of the molecule is CC(C)CC(=O)CCC(O)c1ccccc1. The average molecular weight is 220 g/mol. The van der Waals surface area contributed by atoms with Crippen LogP contribution in [-0.4, -0.2) is 10.9 Å². The molecule has 0 saturated carbocycles. The van der Waals surface area contributed by atoms with Crippen LogP contribution in [0.3, 0.4) is 0 Å². The summed E-state index contributed by atoms with van der Waals surface area (Å²) in [6, 6.07) is 9.48. The minimum absolute atomic E-state index is 0.241. The van der Waals surface area contributed by atoms with Crippen LogP contribution in [0.1, 0.15) is 44.8 Å². The van der Waals surface area contributed by atoms with Crippen molar-refractivity contribution in [2.24, 2.45) is 5.92 Å². The lowest BCUT2D eigenvalue weighted by molar-refractivity contribution is -0.120. The number of hydrogen-bond acceptors (Lipinski definition) is 2. The Morgan fingerprint density at radius 3 is 2.44 bits per heavy atom. The predicted molar refractivity (Wildman–Crippen MR) is 65.1 cm³/mol. The number of rotatable bonds is 6. The molecule has 1 aromatic rings. The van der Waals surface area contributed by atoms with Crippen molar-refractivity contribution in [3.05, 3.63) is 35.9 Å². The fourth-order valence-electron chi connectivity index (χ4n) is 1.70. The highest BCUT2D eigenvalue weighted by molar-refractivity contribution is 5.78. The Kier molecular flexibility index (Phi) is 5.20. The number of benzene rings is 1. The van der Waals surface area contributed by atoms with E-state index in [-0.39, 0.29) is 5.78 Å². The molecule has 16 heavy (non-hydrogen) atoms. The molecule has 0 heterocycles. The van der Waals surface area contributed by atoms with Crippen LogP contribution in [0.2, 0.25) is 0 Å². The monoisotopic (exact) mass is 220 g/mol. The summed E-state index contributed by atoms with van der Waals surface area (Å²) < 4.78 is 0. The summed E-state index contributed by atoms with van der Waals surface area (Å²) in [4.78, 5) is 11.5. The van der Waals surface area contributed by atoms with E-state index in [9.17, 15) is 9.90 Å². The molecule has 0 spiro atoms. The second-order valence-corrected chi connectivity index (χ2v) is 4.60. The van der Waals surface area contributed by atoms with E-state index in [2.05, 4.69) is 0 Å². The molecule has 0 bridgehead atoms. The van der Waals surface area contributed by atoms with E-state index in [1.54, 1.807) is 0 Å². The highest BCUT2D eigenvalue weighted by atomic mass is 16.3. The van der Waals surface area contributed by atoms with Gasteiger partial charge in [-0.05, 0) is 17.9 Å². The molecule has 2 heteroatoms. The summed E-state index contributed by atoms with van der Waals surface area (Å²) in [7, 11) is 0. The predicted octanol–water partition coefficient (Wildman–Crippen LogP) is 3.12. The molecule has 1 atom stereocenters. The minimum atomic E-state index is -0.516. The lowest BCUT2D eigenvalue weighted by Gasteiger charge is -2.10. The smallest absolute Gasteiger partial charge is 0.133 e. The number of ketones is 1. The van der Waals surface area contributed by atoms with Gasteiger partial charge in [-0.15, -0.1) is 0 Å². The molecular formula is C14H20O2. The van der Waals surface area contributed by atoms with Crippen LogP contribution in [0, 0.1) is 5.92 Å². The maximum absolute atomic E-state index is 11.5. The molecule has 1 unspecified atom stereocenters. The van der Waals surface area contributed by atoms with Crippen molar-refractivity contribution in [2.45, 2.75) is 39.2 Å². The van der Waals surface area contributed by atoms with Gasteiger partial charge in [-0.3, -0.25) is 4.79 Å². The van der Waals surface area contributed by atoms with Crippen LogP contribution in [0.4, 0.5) is 0 Å². The van der Waals surface area contributed by atoms with Crippen LogP contribution in [-0.2, 0) is 4.79 Å². The van der Waals surface area contributed by atoms with Gasteiger partial charge in [-0.25, -0.2) is 0 Å². The summed E-state index contributed by atoms with van der Waals surface area (Å²) >= 11 is 0. The van der Waals surface area contributed by atoms with Crippen molar-refractivity contribution >= 4 is 5.78 Å². The number of hydrogen-bond donors (Lipinski definition) is 1. The lowest BCUT2D eigenvalue weighted by atomic mass is 9.99. The van der Waals surface area contributed by atoms with Crippen LogP contribution < -0.4 is 0 Å². The molecule has 0 aliphatic rings. The minimum Gasteiger partial charge on any atom is -0.388 e. The zero-order valence-corrected chi connectivity index (χ0v) is 10.0. The molecule has 0 aliphatic carbocycles. The van der Waals surface area contributed by atoms with Gasteiger partial charge in [-0.1, -0.05) is 44.2 Å². The molecular weight excluding hydrogens is 200 g/mol. The molecule has 88 valence electrons. The van der Waals surface area contributed by atoms with E-state index in [0.29, 0.717) is 25.2 Å². The number of aliphatic hydroxyl groups is 1. The van der Waals surface area contributed by atoms with Crippen molar-refractivity contribution in [3.63, 3.8) is 0 Å². The van der Waals surface area contributed by atoms with Crippen LogP contribution in [0.25, 0.3) is 0 Å². The van der Waals surface area contributed by atoms with Crippen LogP contribution >= 0.6 is 0 Å². The van der Waals surface area contributed by atoms with Gasteiger partial charge in [0, 0.05) is 12.8 Å². The van der Waals surface area contributed by atoms with Crippen molar-refractivity contribution in [1.82, 2.24) is 0 Å². The summed E-state index contributed by atoms with van der Waals surface area (Å²) in [6.45, 7) is 4.07. The van der Waals surface area contributed by atoms with E-state index in [0.717, 1.165) is 5.56 Å². The topological polar surface area (TPSA) is 37.3 Å². The van der Waals surface area contributed by atoms with Crippen molar-refractivity contribution in [3.8, 4) is 0 Å². The molecule has 1 N–H and O–H groups in total. The van der Waals surface area contributed by atoms with Gasteiger partial charge >= 0.3 is 0 Å². The Hall–Kier alpha value is -1.15. The summed E-state index contributed by atoms with van der Waals surface area (Å²) in [6.07, 6.45) is 1.09. The fraction of sp³-hybridized carbons (Fsp3) is 0.500. The van der Waals surface area contributed by atoms with Crippen LogP contribution in [0.5, 0.6) is 0 Å². The van der Waals surface area contributed by atoms with Crippen molar-refractivity contribution in [2.75, 3.05) is 0 Å². The van der Waals surface area contributed by atoms with E-state index in [4.69, 9.17) is 0 Å². The normalized spacial score (nSPS) is 12.8. The molecule has 2 nitrogen and oxygen atoms in total. The average Bonchev–Trinajstić information content (AvgIpc) is 2.26. The molecule has 0 amide bonds. The van der Waals surface area contributed by atoms with Gasteiger partial charge in [0.15, 0.2) is 0 Å². The lowest BCUT2D eigenvalue weighted by Crippen LogP contribution is -2.06. The molecule has 1 aromatic carbocycles. The second-order valence-electron chi connectivity index (χ2n) is 4.60. The maximum Gasteiger partial charge on any atom is 0.133 e. The summed E-state index contributed by atoms with van der Waals surface area (Å²) in [5.74, 6) is 0.645. The molecule has 0 radical (unpaired) electrons. The van der Waals surface area contributed by atoms with Crippen molar-refractivity contribution in [1.29, 1.82) is 0 Å². The Balaban J connectivity index is 2.36. The Labute approximate surface area is 97.3 Å². The summed E-state index contributed by atoms with van der Waals surface area (Å²) in [5, 5.41) is 9.85. The standard InChI is InChI=1S/C14H20O2/c1-11(2)10-13(15)8-9-14(16)12-6-4-3-5-7-12/h3-7,11,14,16H,8-10H2,1-2H3. The molecule has 0 saturated heterocycles. The molecule has 1 rings (SSSR count). The number of carbonyl (C=O) groups is 1. The van der Waals surface area contributed by atoms with Gasteiger partial charge in [0.25, 0.3) is 0 Å². The fourth-order valence-corrected chi connectivity index (χ4v) is 1.70. The van der Waals surface area contributed by atoms with Gasteiger partial charge in [0.1, 0.15) is 5.78 Å². The maximum atomic E-state index is 11.5. The highest BCUT2D eigenvalue weighted by Crippen LogP contribution is 2.18. The first kappa shape index (κ1) is 12.9. The first-order valence-corrected chi connectivity index (χ1v) is 5.84. The third kappa shape index (κ3) is 4.58.